The molecule has 7 nitrogen and oxygen atoms in total. The maximum absolute atomic E-state index is 9.31. The molecule has 0 fully saturated rings. The third-order valence-electron chi connectivity index (χ3n) is 2.51. The topological polar surface area (TPSA) is 89.6 Å². The Labute approximate surface area is 118 Å². The van der Waals surface area contributed by atoms with Gasteiger partial charge < -0.3 is 5.11 Å². The highest BCUT2D eigenvalue weighted by atomic mass is 32.2. The van der Waals surface area contributed by atoms with Crippen LogP contribution in [0.4, 0.5) is 0 Å². The molecule has 0 atom stereocenters. The zero-order chi connectivity index (χ0) is 13.9. The summed E-state index contributed by atoms with van der Waals surface area (Å²) >= 11 is 1.35. The summed E-state index contributed by atoms with van der Waals surface area (Å²) in [6.45, 7) is 1.90. The van der Waals surface area contributed by atoms with E-state index in [-0.39, 0.29) is 5.75 Å². The quantitative estimate of drug-likeness (QED) is 0.731. The molecular weight excluding hydrogens is 276 g/mol. The second kappa shape index (κ2) is 5.25. The predicted molar refractivity (Wildman–Crippen MR) is 71.7 cm³/mol. The molecule has 3 rings (SSSR count). The van der Waals surface area contributed by atoms with E-state index in [0.29, 0.717) is 5.16 Å². The van der Waals surface area contributed by atoms with Gasteiger partial charge in [0.1, 0.15) is 17.1 Å². The Morgan fingerprint density at radius 3 is 2.70 bits per heavy atom. The van der Waals surface area contributed by atoms with Gasteiger partial charge in [-0.05, 0) is 59.4 Å². The van der Waals surface area contributed by atoms with Gasteiger partial charge in [-0.15, -0.1) is 5.10 Å². The third-order valence-corrected chi connectivity index (χ3v) is 3.38. The van der Waals surface area contributed by atoms with Crippen molar-refractivity contribution in [2.45, 2.75) is 17.1 Å². The molecule has 0 saturated carbocycles. The number of hydrogen-bond acceptors (Lipinski definition) is 7. The van der Waals surface area contributed by atoms with Gasteiger partial charge >= 0.3 is 0 Å². The van der Waals surface area contributed by atoms with Crippen molar-refractivity contribution in [3.8, 4) is 11.4 Å². The van der Waals surface area contributed by atoms with Crippen molar-refractivity contribution in [2.75, 3.05) is 0 Å². The van der Waals surface area contributed by atoms with Crippen LogP contribution in [0.1, 0.15) is 5.69 Å². The highest BCUT2D eigenvalue weighted by Gasteiger charge is 2.11. The zero-order valence-corrected chi connectivity index (χ0v) is 11.3. The number of phenolic OH excluding ortho intramolecular Hbond substituents is 1. The van der Waals surface area contributed by atoms with Crippen molar-refractivity contribution in [1.82, 2.24) is 30.2 Å². The van der Waals surface area contributed by atoms with Crippen LogP contribution < -0.4 is 0 Å². The average Bonchev–Trinajstić information content (AvgIpc) is 2.88. The first-order valence-electron chi connectivity index (χ1n) is 5.77. The van der Waals surface area contributed by atoms with E-state index in [9.17, 15) is 5.11 Å². The fraction of sp³-hybridized carbons (Fsp3) is 0.0833. The molecule has 3 aromatic rings. The van der Waals surface area contributed by atoms with Crippen molar-refractivity contribution < 1.29 is 5.11 Å². The molecule has 2 aromatic heterocycles. The molecule has 20 heavy (non-hydrogen) atoms. The number of nitrogens with zero attached hydrogens (tertiary/aromatic N) is 6. The summed E-state index contributed by atoms with van der Waals surface area (Å²) in [6.07, 6.45) is 1.51. The molecular formula is C12H10N6OS. The van der Waals surface area contributed by atoms with Gasteiger partial charge in [-0.2, -0.15) is 4.68 Å². The molecule has 0 unspecified atom stereocenters. The Morgan fingerprint density at radius 1 is 1.15 bits per heavy atom. The molecule has 2 heterocycles. The highest BCUT2D eigenvalue weighted by Crippen LogP contribution is 2.25. The van der Waals surface area contributed by atoms with Gasteiger partial charge in [-0.1, -0.05) is 0 Å². The molecule has 0 amide bonds. The van der Waals surface area contributed by atoms with E-state index in [0.717, 1.165) is 16.4 Å². The molecule has 0 aliphatic carbocycles. The van der Waals surface area contributed by atoms with E-state index in [1.54, 1.807) is 28.9 Å². The summed E-state index contributed by atoms with van der Waals surface area (Å²) in [5, 5.41) is 22.3. The maximum Gasteiger partial charge on any atom is 0.220 e. The number of aromatic nitrogens is 6. The first kappa shape index (κ1) is 12.5. The second-order valence-corrected chi connectivity index (χ2v) is 4.98. The Bertz CT molecular complexity index is 727. The van der Waals surface area contributed by atoms with Gasteiger partial charge in [0.05, 0.1) is 5.69 Å². The van der Waals surface area contributed by atoms with Crippen LogP contribution >= 0.6 is 11.8 Å². The lowest BCUT2D eigenvalue weighted by molar-refractivity contribution is 0.475. The zero-order valence-electron chi connectivity index (χ0n) is 10.5. The summed E-state index contributed by atoms with van der Waals surface area (Å²) in [5.41, 5.74) is 1.65. The molecule has 0 spiro atoms. The minimum Gasteiger partial charge on any atom is -0.508 e. The lowest BCUT2D eigenvalue weighted by Gasteiger charge is -2.04. The van der Waals surface area contributed by atoms with Crippen LogP contribution in [0.15, 0.2) is 46.8 Å². The molecule has 0 bridgehead atoms. The normalized spacial score (nSPS) is 10.7. The highest BCUT2D eigenvalue weighted by molar-refractivity contribution is 7.99. The number of aryl methyl sites for hydroxylation is 1. The molecule has 100 valence electrons. The fourth-order valence-corrected chi connectivity index (χ4v) is 2.40. The molecule has 1 N–H and O–H groups in total. The first-order valence-corrected chi connectivity index (χ1v) is 6.58. The fourth-order valence-electron chi connectivity index (χ4n) is 1.58. The summed E-state index contributed by atoms with van der Waals surface area (Å²) in [4.78, 5) is 8.22. The number of benzene rings is 1. The van der Waals surface area contributed by atoms with E-state index in [2.05, 4.69) is 25.5 Å². The molecule has 1 aromatic carbocycles. The Balaban J connectivity index is 1.92. The monoisotopic (exact) mass is 286 g/mol. The van der Waals surface area contributed by atoms with Gasteiger partial charge in [0.15, 0.2) is 0 Å². The van der Waals surface area contributed by atoms with E-state index >= 15 is 0 Å². The standard InChI is InChI=1S/C12H10N6OS/c1-8-6-11(14-7-13-8)20-12-15-16-17-18(12)9-2-4-10(19)5-3-9/h2-7,19H,1H3. The van der Waals surface area contributed by atoms with Crippen molar-refractivity contribution in [3.05, 3.63) is 42.4 Å². The van der Waals surface area contributed by atoms with E-state index in [1.807, 2.05) is 13.0 Å². The van der Waals surface area contributed by atoms with Crippen molar-refractivity contribution >= 4 is 11.8 Å². The maximum atomic E-state index is 9.31. The average molecular weight is 286 g/mol. The Morgan fingerprint density at radius 2 is 1.95 bits per heavy atom. The van der Waals surface area contributed by atoms with Crippen LogP contribution in [-0.2, 0) is 0 Å². The number of phenols is 1. The molecule has 0 aliphatic heterocycles. The summed E-state index contributed by atoms with van der Waals surface area (Å²) in [7, 11) is 0. The second-order valence-electron chi connectivity index (χ2n) is 3.99. The number of tetrazole rings is 1. The van der Waals surface area contributed by atoms with Gasteiger partial charge in [0.25, 0.3) is 0 Å². The van der Waals surface area contributed by atoms with Crippen LogP contribution in [0, 0.1) is 6.92 Å². The lowest BCUT2D eigenvalue weighted by atomic mass is 10.3. The minimum absolute atomic E-state index is 0.197. The van der Waals surface area contributed by atoms with Gasteiger partial charge in [0, 0.05) is 5.69 Å². The van der Waals surface area contributed by atoms with Gasteiger partial charge in [-0.25, -0.2) is 9.97 Å². The first-order chi connectivity index (χ1) is 9.72. The predicted octanol–water partition coefficient (Wildman–Crippen LogP) is 1.62. The Hall–Kier alpha value is -2.48. The molecule has 0 radical (unpaired) electrons. The van der Waals surface area contributed by atoms with Crippen LogP contribution in [-0.4, -0.2) is 35.3 Å². The lowest BCUT2D eigenvalue weighted by Crippen LogP contribution is -1.98. The summed E-state index contributed by atoms with van der Waals surface area (Å²) in [6, 6.07) is 8.50. The van der Waals surface area contributed by atoms with Crippen LogP contribution in [0.5, 0.6) is 5.75 Å². The number of hydrogen-bond donors (Lipinski definition) is 1. The summed E-state index contributed by atoms with van der Waals surface area (Å²) < 4.78 is 1.58. The minimum atomic E-state index is 0.197. The summed E-state index contributed by atoms with van der Waals surface area (Å²) in [5.74, 6) is 0.197. The van der Waals surface area contributed by atoms with Crippen LogP contribution in [0.25, 0.3) is 5.69 Å². The molecule has 8 heteroatoms. The SMILES string of the molecule is Cc1cc(Sc2nnnn2-c2ccc(O)cc2)ncn1. The number of rotatable bonds is 3. The smallest absolute Gasteiger partial charge is 0.220 e. The van der Waals surface area contributed by atoms with Crippen molar-refractivity contribution in [1.29, 1.82) is 0 Å². The molecule has 0 aliphatic rings. The van der Waals surface area contributed by atoms with Crippen molar-refractivity contribution in [2.24, 2.45) is 0 Å². The van der Waals surface area contributed by atoms with E-state index in [4.69, 9.17) is 0 Å². The van der Waals surface area contributed by atoms with Crippen LogP contribution in [0.2, 0.25) is 0 Å². The van der Waals surface area contributed by atoms with E-state index in [1.165, 1.54) is 18.1 Å². The van der Waals surface area contributed by atoms with Crippen molar-refractivity contribution in [3.63, 3.8) is 0 Å². The van der Waals surface area contributed by atoms with Crippen LogP contribution in [0.3, 0.4) is 0 Å². The largest absolute Gasteiger partial charge is 0.508 e. The third kappa shape index (κ3) is 2.59. The number of aromatic hydroxyl groups is 1. The van der Waals surface area contributed by atoms with Gasteiger partial charge in [-0.3, -0.25) is 0 Å². The van der Waals surface area contributed by atoms with Gasteiger partial charge in [0.2, 0.25) is 5.16 Å². The molecule has 0 saturated heterocycles. The van der Waals surface area contributed by atoms with E-state index < -0.39 is 0 Å². The Kier molecular flexibility index (Phi) is 3.30.